The van der Waals surface area contributed by atoms with Gasteiger partial charge in [0.2, 0.25) is 0 Å². The third-order valence-corrected chi connectivity index (χ3v) is 4.10. The Labute approximate surface area is 123 Å². The van der Waals surface area contributed by atoms with Gasteiger partial charge in [-0.1, -0.05) is 48.0 Å². The van der Waals surface area contributed by atoms with Crippen LogP contribution >= 0.6 is 11.6 Å². The van der Waals surface area contributed by atoms with Crippen LogP contribution in [-0.2, 0) is 16.3 Å². The van der Waals surface area contributed by atoms with E-state index in [0.29, 0.717) is 0 Å². The second-order valence-corrected chi connectivity index (χ2v) is 5.90. The lowest BCUT2D eigenvalue weighted by Crippen LogP contribution is -2.15. The first kappa shape index (κ1) is 15.8. The number of halogens is 4. The summed E-state index contributed by atoms with van der Waals surface area (Å²) in [6.45, 7) is 0. The van der Waals surface area contributed by atoms with E-state index >= 15 is 0 Å². The van der Waals surface area contributed by atoms with Gasteiger partial charge in [0.15, 0.2) is 0 Å². The standard InChI is InChI=1S/C13H8ClF3O3S/c14-10-7-6-9(8-4-2-1-3-5-8)11(13(15,16)17)12(10)21(18,19)20/h1-7H,(H,18,19,20). The maximum Gasteiger partial charge on any atom is 0.418 e. The molecule has 3 nitrogen and oxygen atoms in total. The maximum absolute atomic E-state index is 13.3. The minimum absolute atomic E-state index is 0.159. The minimum Gasteiger partial charge on any atom is -0.282 e. The van der Waals surface area contributed by atoms with Crippen LogP contribution in [0.25, 0.3) is 11.1 Å². The normalized spacial score (nSPS) is 12.4. The smallest absolute Gasteiger partial charge is 0.282 e. The molecule has 21 heavy (non-hydrogen) atoms. The van der Waals surface area contributed by atoms with E-state index < -0.39 is 31.8 Å². The molecule has 2 aromatic rings. The second kappa shape index (κ2) is 5.32. The molecule has 1 N–H and O–H groups in total. The molecule has 0 radical (unpaired) electrons. The highest BCUT2D eigenvalue weighted by Gasteiger charge is 2.41. The first-order valence-corrected chi connectivity index (χ1v) is 7.37. The fourth-order valence-electron chi connectivity index (χ4n) is 1.95. The predicted molar refractivity (Wildman–Crippen MR) is 71.7 cm³/mol. The van der Waals surface area contributed by atoms with Crippen LogP contribution in [-0.4, -0.2) is 13.0 Å². The van der Waals surface area contributed by atoms with Crippen molar-refractivity contribution in [2.24, 2.45) is 0 Å². The molecule has 2 aromatic carbocycles. The molecule has 0 atom stereocenters. The zero-order valence-electron chi connectivity index (χ0n) is 10.2. The molecule has 0 spiro atoms. The molecule has 0 aliphatic heterocycles. The topological polar surface area (TPSA) is 54.4 Å². The first-order valence-electron chi connectivity index (χ1n) is 5.55. The fourth-order valence-corrected chi connectivity index (χ4v) is 3.20. The van der Waals surface area contributed by atoms with Crippen LogP contribution in [0.4, 0.5) is 13.2 Å². The predicted octanol–water partition coefficient (Wildman–Crippen LogP) is 4.27. The Morgan fingerprint density at radius 1 is 1.00 bits per heavy atom. The number of hydrogen-bond donors (Lipinski definition) is 1. The molecule has 0 heterocycles. The average Bonchev–Trinajstić information content (AvgIpc) is 2.37. The van der Waals surface area contributed by atoms with Crippen molar-refractivity contribution in [3.8, 4) is 11.1 Å². The molecule has 2 rings (SSSR count). The summed E-state index contributed by atoms with van der Waals surface area (Å²) in [5.74, 6) is 0. The molecule has 0 fully saturated rings. The molecule has 0 saturated carbocycles. The van der Waals surface area contributed by atoms with Gasteiger partial charge in [-0.05, 0) is 17.2 Å². The molecule has 0 aliphatic rings. The van der Waals surface area contributed by atoms with E-state index in [-0.39, 0.29) is 11.1 Å². The summed E-state index contributed by atoms with van der Waals surface area (Å²) in [5, 5.41) is -0.690. The molecule has 0 saturated heterocycles. The molecule has 0 amide bonds. The van der Waals surface area contributed by atoms with Crippen LogP contribution in [0, 0.1) is 0 Å². The highest BCUT2D eigenvalue weighted by Crippen LogP contribution is 2.43. The lowest BCUT2D eigenvalue weighted by molar-refractivity contribution is -0.139. The number of alkyl halides is 3. The molecular formula is C13H8ClF3O3S. The monoisotopic (exact) mass is 336 g/mol. The summed E-state index contributed by atoms with van der Waals surface area (Å²) in [6.07, 6.45) is -5.00. The van der Waals surface area contributed by atoms with Crippen molar-refractivity contribution in [1.29, 1.82) is 0 Å². The van der Waals surface area contributed by atoms with Gasteiger partial charge >= 0.3 is 6.18 Å². The lowest BCUT2D eigenvalue weighted by atomic mass is 9.99. The van der Waals surface area contributed by atoms with Crippen molar-refractivity contribution in [3.63, 3.8) is 0 Å². The minimum atomic E-state index is -5.13. The van der Waals surface area contributed by atoms with Gasteiger partial charge in [-0.25, -0.2) is 0 Å². The van der Waals surface area contributed by atoms with Crippen LogP contribution < -0.4 is 0 Å². The largest absolute Gasteiger partial charge is 0.418 e. The van der Waals surface area contributed by atoms with Crippen LogP contribution in [0.1, 0.15) is 5.56 Å². The van der Waals surface area contributed by atoms with Crippen molar-refractivity contribution >= 4 is 21.7 Å². The highest BCUT2D eigenvalue weighted by atomic mass is 35.5. The summed E-state index contributed by atoms with van der Waals surface area (Å²) >= 11 is 5.54. The zero-order valence-corrected chi connectivity index (χ0v) is 11.8. The lowest BCUT2D eigenvalue weighted by Gasteiger charge is -2.17. The van der Waals surface area contributed by atoms with Crippen LogP contribution in [0.3, 0.4) is 0 Å². The summed E-state index contributed by atoms with van der Waals surface area (Å²) in [6, 6.07) is 9.49. The number of hydrogen-bond acceptors (Lipinski definition) is 2. The Morgan fingerprint density at radius 2 is 1.57 bits per heavy atom. The first-order chi connectivity index (χ1) is 9.62. The van der Waals surface area contributed by atoms with Crippen molar-refractivity contribution in [1.82, 2.24) is 0 Å². The van der Waals surface area contributed by atoms with E-state index in [0.717, 1.165) is 12.1 Å². The highest BCUT2D eigenvalue weighted by molar-refractivity contribution is 7.86. The fraction of sp³-hybridized carbons (Fsp3) is 0.0769. The van der Waals surface area contributed by atoms with E-state index in [1.807, 2.05) is 0 Å². The summed E-state index contributed by atoms with van der Waals surface area (Å²) in [7, 11) is -5.13. The van der Waals surface area contributed by atoms with E-state index in [9.17, 15) is 21.6 Å². The van der Waals surface area contributed by atoms with E-state index in [1.54, 1.807) is 6.07 Å². The molecular weight excluding hydrogens is 329 g/mol. The molecule has 0 aromatic heterocycles. The van der Waals surface area contributed by atoms with Gasteiger partial charge in [0.1, 0.15) is 4.90 Å². The van der Waals surface area contributed by atoms with E-state index in [4.69, 9.17) is 16.2 Å². The van der Waals surface area contributed by atoms with Crippen LogP contribution in [0.2, 0.25) is 5.02 Å². The summed E-state index contributed by atoms with van der Waals surface area (Å²) in [5.41, 5.74) is -1.70. The van der Waals surface area contributed by atoms with E-state index in [1.165, 1.54) is 24.3 Å². The zero-order chi connectivity index (χ0) is 15.8. The van der Waals surface area contributed by atoms with Crippen LogP contribution in [0.15, 0.2) is 47.4 Å². The number of rotatable bonds is 2. The average molecular weight is 337 g/mol. The van der Waals surface area contributed by atoms with Crippen molar-refractivity contribution in [2.75, 3.05) is 0 Å². The molecule has 0 unspecified atom stereocenters. The summed E-state index contributed by atoms with van der Waals surface area (Å²) < 4.78 is 71.4. The van der Waals surface area contributed by atoms with Crippen molar-refractivity contribution < 1.29 is 26.1 Å². The molecule has 0 aliphatic carbocycles. The quantitative estimate of drug-likeness (QED) is 0.833. The van der Waals surface area contributed by atoms with Gasteiger partial charge in [0.05, 0.1) is 10.6 Å². The van der Waals surface area contributed by atoms with Crippen molar-refractivity contribution in [3.05, 3.63) is 53.1 Å². The molecule has 8 heteroatoms. The van der Waals surface area contributed by atoms with Crippen molar-refractivity contribution in [2.45, 2.75) is 11.1 Å². The SMILES string of the molecule is O=S(=O)(O)c1c(Cl)ccc(-c2ccccc2)c1C(F)(F)F. The second-order valence-electron chi connectivity index (χ2n) is 4.14. The van der Waals surface area contributed by atoms with Gasteiger partial charge < -0.3 is 0 Å². The summed E-state index contributed by atoms with van der Waals surface area (Å²) in [4.78, 5) is -1.34. The Kier molecular flexibility index (Phi) is 4.01. The third kappa shape index (κ3) is 3.20. The third-order valence-electron chi connectivity index (χ3n) is 2.74. The van der Waals surface area contributed by atoms with Gasteiger partial charge in [-0.2, -0.15) is 21.6 Å². The Balaban J connectivity index is 2.92. The Hall–Kier alpha value is -1.57. The van der Waals surface area contributed by atoms with E-state index in [2.05, 4.69) is 0 Å². The molecule has 112 valence electrons. The van der Waals surface area contributed by atoms with Gasteiger partial charge in [0.25, 0.3) is 10.1 Å². The maximum atomic E-state index is 13.3. The van der Waals surface area contributed by atoms with Gasteiger partial charge in [-0.15, -0.1) is 0 Å². The van der Waals surface area contributed by atoms with Gasteiger partial charge in [0, 0.05) is 0 Å². The Morgan fingerprint density at radius 3 is 2.05 bits per heavy atom. The number of benzene rings is 2. The molecule has 0 bridgehead atoms. The van der Waals surface area contributed by atoms with Crippen LogP contribution in [0.5, 0.6) is 0 Å². The Bertz CT molecular complexity index is 771. The van der Waals surface area contributed by atoms with Gasteiger partial charge in [-0.3, -0.25) is 4.55 Å².